The highest BCUT2D eigenvalue weighted by atomic mass is 35.5. The molecule has 0 aromatic heterocycles. The van der Waals surface area contributed by atoms with Gasteiger partial charge in [0.1, 0.15) is 5.82 Å². The molecule has 2 atom stereocenters. The van der Waals surface area contributed by atoms with Crippen LogP contribution in [-0.2, 0) is 11.2 Å². The van der Waals surface area contributed by atoms with E-state index in [2.05, 4.69) is 12.3 Å². The summed E-state index contributed by atoms with van der Waals surface area (Å²) in [5, 5.41) is 0.430. The largest absolute Gasteiger partial charge is 0.374 e. The van der Waals surface area contributed by atoms with E-state index in [1.165, 1.54) is 12.1 Å². The van der Waals surface area contributed by atoms with Gasteiger partial charge >= 0.3 is 0 Å². The highest BCUT2D eigenvalue weighted by Gasteiger charge is 2.36. The number of rotatable bonds is 4. The summed E-state index contributed by atoms with van der Waals surface area (Å²) in [5.41, 5.74) is 3.40. The van der Waals surface area contributed by atoms with E-state index in [-0.39, 0.29) is 17.5 Å². The average molecular weight is 287 g/mol. The van der Waals surface area contributed by atoms with E-state index < -0.39 is 0 Å². The molecular formula is C14H20ClFN2O. The Morgan fingerprint density at radius 3 is 2.89 bits per heavy atom. The number of hydrazine groups is 1. The molecule has 3 nitrogen and oxygen atoms in total. The second kappa shape index (κ2) is 6.18. The van der Waals surface area contributed by atoms with Gasteiger partial charge in [-0.3, -0.25) is 11.3 Å². The van der Waals surface area contributed by atoms with E-state index in [0.29, 0.717) is 11.4 Å². The van der Waals surface area contributed by atoms with Crippen molar-refractivity contribution in [3.63, 3.8) is 0 Å². The first kappa shape index (κ1) is 14.7. The molecule has 0 saturated carbocycles. The fraction of sp³-hybridized carbons (Fsp3) is 0.571. The van der Waals surface area contributed by atoms with Crippen molar-refractivity contribution < 1.29 is 9.13 Å². The molecular weight excluding hydrogens is 267 g/mol. The smallest absolute Gasteiger partial charge is 0.124 e. The Labute approximate surface area is 118 Å². The summed E-state index contributed by atoms with van der Waals surface area (Å²) in [7, 11) is 0. The summed E-state index contributed by atoms with van der Waals surface area (Å²) in [6.45, 7) is 2.82. The lowest BCUT2D eigenvalue weighted by molar-refractivity contribution is -0.0884. The minimum absolute atomic E-state index is 0.0456. The zero-order valence-corrected chi connectivity index (χ0v) is 11.8. The second-order valence-electron chi connectivity index (χ2n) is 5.28. The number of hydrogen-bond acceptors (Lipinski definition) is 3. The van der Waals surface area contributed by atoms with Gasteiger partial charge < -0.3 is 4.74 Å². The SMILES string of the molecule is CC1(C(Cc2ccc(F)cc2Cl)NN)CCCCO1. The summed E-state index contributed by atoms with van der Waals surface area (Å²) in [6, 6.07) is 4.40. The van der Waals surface area contributed by atoms with Gasteiger partial charge in [-0.25, -0.2) is 4.39 Å². The van der Waals surface area contributed by atoms with Crippen LogP contribution in [0.15, 0.2) is 18.2 Å². The molecule has 0 amide bonds. The summed E-state index contributed by atoms with van der Waals surface area (Å²) in [6.07, 6.45) is 3.79. The van der Waals surface area contributed by atoms with Crippen LogP contribution in [0.4, 0.5) is 4.39 Å². The van der Waals surface area contributed by atoms with Gasteiger partial charge in [0.05, 0.1) is 11.6 Å². The molecule has 1 aliphatic rings. The number of ether oxygens (including phenoxy) is 1. The average Bonchev–Trinajstić information content (AvgIpc) is 2.38. The molecule has 0 radical (unpaired) electrons. The maximum absolute atomic E-state index is 13.0. The molecule has 19 heavy (non-hydrogen) atoms. The first-order chi connectivity index (χ1) is 9.05. The Bertz CT molecular complexity index is 435. The topological polar surface area (TPSA) is 47.3 Å². The van der Waals surface area contributed by atoms with Crippen LogP contribution in [0.2, 0.25) is 5.02 Å². The molecule has 0 bridgehead atoms. The molecule has 2 rings (SSSR count). The van der Waals surface area contributed by atoms with Crippen molar-refractivity contribution in [2.24, 2.45) is 5.84 Å². The van der Waals surface area contributed by atoms with E-state index in [1.54, 1.807) is 6.07 Å². The minimum atomic E-state index is -0.328. The van der Waals surface area contributed by atoms with Crippen LogP contribution in [0, 0.1) is 5.82 Å². The van der Waals surface area contributed by atoms with Gasteiger partial charge in [0.15, 0.2) is 0 Å². The van der Waals surface area contributed by atoms with Crippen molar-refractivity contribution >= 4 is 11.6 Å². The van der Waals surface area contributed by atoms with Gasteiger partial charge in [-0.2, -0.15) is 0 Å². The highest BCUT2D eigenvalue weighted by Crippen LogP contribution is 2.30. The molecule has 1 aromatic rings. The van der Waals surface area contributed by atoms with E-state index in [0.717, 1.165) is 31.4 Å². The van der Waals surface area contributed by atoms with Crippen LogP contribution in [0.1, 0.15) is 31.7 Å². The Morgan fingerprint density at radius 2 is 2.32 bits per heavy atom. The van der Waals surface area contributed by atoms with Crippen LogP contribution in [-0.4, -0.2) is 18.2 Å². The normalized spacial score (nSPS) is 25.3. The highest BCUT2D eigenvalue weighted by molar-refractivity contribution is 6.31. The van der Waals surface area contributed by atoms with Crippen molar-refractivity contribution in [2.45, 2.75) is 44.2 Å². The van der Waals surface area contributed by atoms with Gasteiger partial charge in [0.25, 0.3) is 0 Å². The van der Waals surface area contributed by atoms with Crippen molar-refractivity contribution in [2.75, 3.05) is 6.61 Å². The predicted molar refractivity (Wildman–Crippen MR) is 74.4 cm³/mol. The van der Waals surface area contributed by atoms with Gasteiger partial charge in [-0.15, -0.1) is 0 Å². The third kappa shape index (κ3) is 3.45. The number of benzene rings is 1. The number of hydrogen-bond donors (Lipinski definition) is 2. The lowest BCUT2D eigenvalue weighted by Crippen LogP contribution is -2.55. The number of nitrogens with one attached hydrogen (secondary N) is 1. The van der Waals surface area contributed by atoms with E-state index >= 15 is 0 Å². The summed E-state index contributed by atoms with van der Waals surface area (Å²) >= 11 is 6.07. The van der Waals surface area contributed by atoms with Crippen molar-refractivity contribution in [3.05, 3.63) is 34.6 Å². The third-order valence-electron chi connectivity index (χ3n) is 3.88. The lowest BCUT2D eigenvalue weighted by Gasteiger charge is -2.40. The summed E-state index contributed by atoms with van der Waals surface area (Å²) < 4.78 is 18.9. The Morgan fingerprint density at radius 1 is 1.53 bits per heavy atom. The Kier molecular flexibility index (Phi) is 4.79. The molecule has 1 aromatic carbocycles. The molecule has 1 saturated heterocycles. The van der Waals surface area contributed by atoms with Crippen LogP contribution in [0.5, 0.6) is 0 Å². The first-order valence-corrected chi connectivity index (χ1v) is 6.97. The molecule has 1 aliphatic heterocycles. The monoisotopic (exact) mass is 286 g/mol. The Balaban J connectivity index is 2.14. The number of halogens is 2. The van der Waals surface area contributed by atoms with Crippen LogP contribution in [0.25, 0.3) is 0 Å². The lowest BCUT2D eigenvalue weighted by atomic mass is 9.85. The van der Waals surface area contributed by atoms with Crippen LogP contribution in [0.3, 0.4) is 0 Å². The molecule has 3 N–H and O–H groups in total. The fourth-order valence-corrected chi connectivity index (χ4v) is 2.83. The maximum atomic E-state index is 13.0. The number of nitrogens with two attached hydrogens (primary N) is 1. The second-order valence-corrected chi connectivity index (χ2v) is 5.68. The third-order valence-corrected chi connectivity index (χ3v) is 4.23. The molecule has 1 heterocycles. The fourth-order valence-electron chi connectivity index (χ4n) is 2.59. The van der Waals surface area contributed by atoms with Gasteiger partial charge in [0.2, 0.25) is 0 Å². The molecule has 106 valence electrons. The van der Waals surface area contributed by atoms with Crippen molar-refractivity contribution in [1.82, 2.24) is 5.43 Å². The van der Waals surface area contributed by atoms with Crippen LogP contribution < -0.4 is 11.3 Å². The van der Waals surface area contributed by atoms with Gasteiger partial charge in [-0.1, -0.05) is 17.7 Å². The molecule has 0 aliphatic carbocycles. The zero-order chi connectivity index (χ0) is 13.9. The van der Waals surface area contributed by atoms with E-state index in [1.807, 2.05) is 0 Å². The van der Waals surface area contributed by atoms with Crippen LogP contribution >= 0.6 is 11.6 Å². The first-order valence-electron chi connectivity index (χ1n) is 6.59. The predicted octanol–water partition coefficient (Wildman–Crippen LogP) is 2.81. The van der Waals surface area contributed by atoms with E-state index in [4.69, 9.17) is 22.2 Å². The standard InChI is InChI=1S/C14H20ClFN2O/c1-14(6-2-3-7-19-14)13(18-17)8-10-4-5-11(16)9-12(10)15/h4-5,9,13,18H,2-3,6-8,17H2,1H3. The summed E-state index contributed by atoms with van der Waals surface area (Å²) in [4.78, 5) is 0. The van der Waals surface area contributed by atoms with Crippen molar-refractivity contribution in [1.29, 1.82) is 0 Å². The van der Waals surface area contributed by atoms with Crippen molar-refractivity contribution in [3.8, 4) is 0 Å². The van der Waals surface area contributed by atoms with E-state index in [9.17, 15) is 4.39 Å². The van der Waals surface area contributed by atoms with Gasteiger partial charge in [0, 0.05) is 11.6 Å². The molecule has 2 unspecified atom stereocenters. The zero-order valence-electron chi connectivity index (χ0n) is 11.1. The quantitative estimate of drug-likeness (QED) is 0.661. The molecule has 5 heteroatoms. The molecule has 0 spiro atoms. The minimum Gasteiger partial charge on any atom is -0.374 e. The van der Waals surface area contributed by atoms with Gasteiger partial charge in [-0.05, 0) is 50.3 Å². The molecule has 1 fully saturated rings. The maximum Gasteiger partial charge on any atom is 0.124 e. The summed E-state index contributed by atoms with van der Waals surface area (Å²) in [5.74, 6) is 5.34. The Hall–Kier alpha value is -0.680.